The molecule has 10 nitrogen and oxygen atoms in total. The predicted octanol–water partition coefficient (Wildman–Crippen LogP) is 5.96. The molecule has 1 saturated heterocycles. The van der Waals surface area contributed by atoms with Gasteiger partial charge in [0.15, 0.2) is 0 Å². The second-order valence-corrected chi connectivity index (χ2v) is 10.4. The molecular weight excluding hydrogens is 552 g/mol. The summed E-state index contributed by atoms with van der Waals surface area (Å²) in [7, 11) is 0. The van der Waals surface area contributed by atoms with Gasteiger partial charge in [-0.25, -0.2) is 9.97 Å². The minimum Gasteiger partial charge on any atom is -0.455 e. The van der Waals surface area contributed by atoms with Crippen molar-refractivity contribution < 1.29 is 9.47 Å². The summed E-state index contributed by atoms with van der Waals surface area (Å²) in [6.07, 6.45) is 7.06. The van der Waals surface area contributed by atoms with Crippen LogP contribution in [0.25, 0.3) is 32.9 Å². The average Bonchev–Trinajstić information content (AvgIpc) is 3.51. The summed E-state index contributed by atoms with van der Waals surface area (Å²) in [5, 5.41) is 15.4. The highest BCUT2D eigenvalue weighted by Crippen LogP contribution is 2.36. The fraction of sp³-hybridized carbons (Fsp3) is 0.194. The van der Waals surface area contributed by atoms with Crippen molar-refractivity contribution >= 4 is 44.8 Å². The van der Waals surface area contributed by atoms with Crippen LogP contribution < -0.4 is 10.1 Å². The van der Waals surface area contributed by atoms with E-state index in [1.54, 1.807) is 18.7 Å². The molecule has 1 aliphatic heterocycles. The van der Waals surface area contributed by atoms with E-state index >= 15 is 0 Å². The zero-order chi connectivity index (χ0) is 28.3. The third kappa shape index (κ3) is 5.60. The normalized spacial score (nSPS) is 13.9. The van der Waals surface area contributed by atoms with Crippen molar-refractivity contribution in [1.82, 2.24) is 34.8 Å². The van der Waals surface area contributed by atoms with E-state index in [0.717, 1.165) is 78.0 Å². The van der Waals surface area contributed by atoms with Gasteiger partial charge in [-0.3, -0.25) is 14.6 Å². The van der Waals surface area contributed by atoms with E-state index in [2.05, 4.69) is 35.5 Å². The molecule has 11 heteroatoms. The number of rotatable bonds is 8. The SMILES string of the molecule is Clc1cc(Nc2ncnc3ccc(-c4cn(CCN5CCOCC5)nn4)cc23)ccc1Oc1cccc2ccncc12. The van der Waals surface area contributed by atoms with Crippen molar-refractivity contribution in [3.8, 4) is 22.8 Å². The molecule has 1 N–H and O–H groups in total. The molecule has 210 valence electrons. The molecule has 42 heavy (non-hydrogen) atoms. The number of hydrogen-bond donors (Lipinski definition) is 1. The number of nitrogens with one attached hydrogen (secondary N) is 1. The Morgan fingerprint density at radius 2 is 1.86 bits per heavy atom. The Morgan fingerprint density at radius 1 is 0.929 bits per heavy atom. The number of nitrogens with zero attached hydrogens (tertiary/aromatic N) is 7. The molecule has 1 fully saturated rings. The third-order valence-corrected chi connectivity index (χ3v) is 7.57. The Morgan fingerprint density at radius 3 is 2.76 bits per heavy atom. The zero-order valence-corrected chi connectivity index (χ0v) is 23.4. The lowest BCUT2D eigenvalue weighted by Gasteiger charge is -2.26. The zero-order valence-electron chi connectivity index (χ0n) is 22.7. The number of hydrogen-bond acceptors (Lipinski definition) is 9. The van der Waals surface area contributed by atoms with Crippen molar-refractivity contribution in [2.75, 3.05) is 38.2 Å². The molecule has 0 spiro atoms. The Kier molecular flexibility index (Phi) is 7.31. The van der Waals surface area contributed by atoms with Crippen LogP contribution in [0.2, 0.25) is 5.02 Å². The third-order valence-electron chi connectivity index (χ3n) is 7.28. The van der Waals surface area contributed by atoms with Gasteiger partial charge in [0.05, 0.1) is 36.5 Å². The number of pyridine rings is 1. The van der Waals surface area contributed by atoms with Gasteiger partial charge in [-0.15, -0.1) is 5.10 Å². The van der Waals surface area contributed by atoms with Crippen molar-refractivity contribution in [2.24, 2.45) is 0 Å². The number of ether oxygens (including phenoxy) is 2. The van der Waals surface area contributed by atoms with Gasteiger partial charge in [0.2, 0.25) is 0 Å². The van der Waals surface area contributed by atoms with Gasteiger partial charge in [0, 0.05) is 54.1 Å². The Hall–Kier alpha value is -4.64. The van der Waals surface area contributed by atoms with Gasteiger partial charge in [-0.05, 0) is 47.9 Å². The number of morpholine rings is 1. The first-order valence-electron chi connectivity index (χ1n) is 13.7. The summed E-state index contributed by atoms with van der Waals surface area (Å²) in [5.74, 6) is 1.90. The highest BCUT2D eigenvalue weighted by molar-refractivity contribution is 6.32. The van der Waals surface area contributed by atoms with Gasteiger partial charge < -0.3 is 14.8 Å². The van der Waals surface area contributed by atoms with E-state index in [4.69, 9.17) is 21.1 Å². The number of benzene rings is 3. The van der Waals surface area contributed by atoms with Crippen molar-refractivity contribution in [3.63, 3.8) is 0 Å². The van der Waals surface area contributed by atoms with E-state index in [1.807, 2.05) is 71.5 Å². The highest BCUT2D eigenvalue weighted by atomic mass is 35.5. The van der Waals surface area contributed by atoms with E-state index < -0.39 is 0 Å². The van der Waals surface area contributed by atoms with Gasteiger partial charge in [0.25, 0.3) is 0 Å². The lowest BCUT2D eigenvalue weighted by atomic mass is 10.1. The molecule has 0 amide bonds. The van der Waals surface area contributed by atoms with Crippen LogP contribution in [0, 0.1) is 0 Å². The summed E-state index contributed by atoms with van der Waals surface area (Å²) in [6.45, 7) is 5.15. The van der Waals surface area contributed by atoms with Crippen molar-refractivity contribution in [1.29, 1.82) is 0 Å². The van der Waals surface area contributed by atoms with Crippen LogP contribution in [0.1, 0.15) is 0 Å². The highest BCUT2D eigenvalue weighted by Gasteiger charge is 2.13. The molecular formula is C31H27ClN8O2. The standard InChI is InChI=1S/C31H27ClN8O2/c32-26-17-23(5-7-30(26)42-29-3-1-2-21-8-9-33-18-25(21)29)36-31-24-16-22(4-6-27(24)34-20-35-31)28-19-40(38-37-28)11-10-39-12-14-41-15-13-39/h1-9,16-20H,10-15H2,(H,34,35,36). The quantitative estimate of drug-likeness (QED) is 0.234. The van der Waals surface area contributed by atoms with Gasteiger partial charge in [-0.2, -0.15) is 0 Å². The molecule has 7 rings (SSSR count). The summed E-state index contributed by atoms with van der Waals surface area (Å²) in [6, 6.07) is 19.4. The number of aromatic nitrogens is 6. The number of halogens is 1. The molecule has 3 aromatic carbocycles. The van der Waals surface area contributed by atoms with Crippen LogP contribution in [0.5, 0.6) is 11.5 Å². The van der Waals surface area contributed by atoms with Crippen LogP contribution in [0.3, 0.4) is 0 Å². The van der Waals surface area contributed by atoms with Crippen LogP contribution in [-0.4, -0.2) is 67.7 Å². The molecule has 3 aromatic heterocycles. The summed E-state index contributed by atoms with van der Waals surface area (Å²) in [5.41, 5.74) is 3.31. The van der Waals surface area contributed by atoms with E-state index in [1.165, 1.54) is 0 Å². The van der Waals surface area contributed by atoms with E-state index in [0.29, 0.717) is 22.3 Å². The Labute approximate surface area is 246 Å². The molecule has 0 saturated carbocycles. The Balaban J connectivity index is 1.10. The second kappa shape index (κ2) is 11.7. The van der Waals surface area contributed by atoms with Crippen LogP contribution in [0.4, 0.5) is 11.5 Å². The minimum atomic E-state index is 0.466. The molecule has 0 radical (unpaired) electrons. The maximum Gasteiger partial charge on any atom is 0.146 e. The van der Waals surface area contributed by atoms with Crippen LogP contribution in [0.15, 0.2) is 85.6 Å². The maximum atomic E-state index is 6.66. The lowest BCUT2D eigenvalue weighted by molar-refractivity contribution is 0.0359. The predicted molar refractivity (Wildman–Crippen MR) is 162 cm³/mol. The lowest BCUT2D eigenvalue weighted by Crippen LogP contribution is -2.38. The van der Waals surface area contributed by atoms with Crippen molar-refractivity contribution in [2.45, 2.75) is 6.54 Å². The van der Waals surface area contributed by atoms with Gasteiger partial charge in [-0.1, -0.05) is 35.0 Å². The smallest absolute Gasteiger partial charge is 0.146 e. The van der Waals surface area contributed by atoms with Gasteiger partial charge >= 0.3 is 0 Å². The monoisotopic (exact) mass is 578 g/mol. The fourth-order valence-electron chi connectivity index (χ4n) is 5.02. The Bertz CT molecular complexity index is 1870. The molecule has 0 unspecified atom stereocenters. The summed E-state index contributed by atoms with van der Waals surface area (Å²) in [4.78, 5) is 15.6. The van der Waals surface area contributed by atoms with Crippen LogP contribution in [-0.2, 0) is 11.3 Å². The first-order chi connectivity index (χ1) is 20.7. The van der Waals surface area contributed by atoms with E-state index in [9.17, 15) is 0 Å². The first-order valence-corrected chi connectivity index (χ1v) is 14.1. The molecule has 0 atom stereocenters. The fourth-order valence-corrected chi connectivity index (χ4v) is 5.23. The molecule has 6 aromatic rings. The van der Waals surface area contributed by atoms with Crippen molar-refractivity contribution in [3.05, 3.63) is 90.6 Å². The van der Waals surface area contributed by atoms with Gasteiger partial charge in [0.1, 0.15) is 29.3 Å². The maximum absolute atomic E-state index is 6.66. The molecule has 4 heterocycles. The summed E-state index contributed by atoms with van der Waals surface area (Å²) >= 11 is 6.66. The molecule has 0 aliphatic carbocycles. The minimum absolute atomic E-state index is 0.466. The molecule has 0 bridgehead atoms. The second-order valence-electron chi connectivity index (χ2n) is 10.0. The number of anilines is 2. The largest absolute Gasteiger partial charge is 0.455 e. The molecule has 1 aliphatic rings. The average molecular weight is 579 g/mol. The van der Waals surface area contributed by atoms with E-state index in [-0.39, 0.29) is 0 Å². The number of fused-ring (bicyclic) bond motifs is 2. The van der Waals surface area contributed by atoms with Crippen LogP contribution >= 0.6 is 11.6 Å². The first kappa shape index (κ1) is 26.3. The topological polar surface area (TPSA) is 103 Å². The summed E-state index contributed by atoms with van der Waals surface area (Å²) < 4.78 is 13.5.